The molecule has 7 heteroatoms. The average molecular weight is 407 g/mol. The molecule has 1 amide bonds. The van der Waals surface area contributed by atoms with E-state index < -0.39 is 0 Å². The van der Waals surface area contributed by atoms with Gasteiger partial charge in [-0.05, 0) is 49.5 Å². The second-order valence-electron chi connectivity index (χ2n) is 5.09. The minimum atomic E-state index is -0.147. The lowest BCUT2D eigenvalue weighted by Gasteiger charge is -2.08. The maximum absolute atomic E-state index is 12.1. The first kappa shape index (κ1) is 16.7. The number of nitrogens with zero attached hydrogens (tertiary/aromatic N) is 1. The molecule has 1 aromatic heterocycles. The molecule has 2 heterocycles. The largest absolute Gasteiger partial charge is 0.486 e. The molecule has 1 N–H and O–H groups in total. The third kappa shape index (κ3) is 3.68. The van der Waals surface area contributed by atoms with Gasteiger partial charge in [0.1, 0.15) is 29.6 Å². The van der Waals surface area contributed by atoms with Crippen molar-refractivity contribution >= 4 is 45.2 Å². The molecule has 1 aliphatic rings. The van der Waals surface area contributed by atoms with Crippen LogP contribution in [0.1, 0.15) is 18.4 Å². The van der Waals surface area contributed by atoms with Crippen molar-refractivity contribution in [2.24, 2.45) is 0 Å². The Kier molecular flexibility index (Phi) is 5.01. The van der Waals surface area contributed by atoms with Crippen molar-refractivity contribution in [3.05, 3.63) is 58.1 Å². The Labute approximate surface area is 153 Å². The van der Waals surface area contributed by atoms with E-state index in [1.807, 2.05) is 37.3 Å². The fraction of sp³-hybridized carbons (Fsp3) is 0.176. The van der Waals surface area contributed by atoms with Crippen molar-refractivity contribution in [3.63, 3.8) is 0 Å². The highest BCUT2D eigenvalue weighted by Crippen LogP contribution is 2.20. The van der Waals surface area contributed by atoms with E-state index in [1.54, 1.807) is 12.1 Å². The zero-order valence-corrected chi connectivity index (χ0v) is 15.3. The first-order valence-corrected chi connectivity index (χ1v) is 8.58. The van der Waals surface area contributed by atoms with E-state index >= 15 is 0 Å². The summed E-state index contributed by atoms with van der Waals surface area (Å²) in [5, 5.41) is 3.31. The van der Waals surface area contributed by atoms with E-state index in [0.29, 0.717) is 35.5 Å². The van der Waals surface area contributed by atoms with Crippen LogP contribution in [0.4, 0.5) is 0 Å². The van der Waals surface area contributed by atoms with Crippen molar-refractivity contribution < 1.29 is 13.9 Å². The number of rotatable bonds is 5. The van der Waals surface area contributed by atoms with Gasteiger partial charge in [-0.3, -0.25) is 9.69 Å². The van der Waals surface area contributed by atoms with Crippen LogP contribution in [0.25, 0.3) is 6.08 Å². The van der Waals surface area contributed by atoms with Crippen molar-refractivity contribution in [1.29, 1.82) is 0 Å². The summed E-state index contributed by atoms with van der Waals surface area (Å²) in [6.07, 6.45) is 1.65. The van der Waals surface area contributed by atoms with Gasteiger partial charge in [0.2, 0.25) is 0 Å². The quantitative estimate of drug-likeness (QED) is 0.605. The maximum atomic E-state index is 12.1. The number of hydrogen-bond acceptors (Lipinski definition) is 4. The van der Waals surface area contributed by atoms with Gasteiger partial charge in [-0.25, -0.2) is 0 Å². The Bertz CT molecular complexity index is 816. The van der Waals surface area contributed by atoms with E-state index in [1.165, 1.54) is 4.90 Å². The summed E-state index contributed by atoms with van der Waals surface area (Å²) in [5.41, 5.74) is 0.413. The molecule has 124 valence electrons. The number of carbonyl (C=O) groups excluding carboxylic acids is 1. The summed E-state index contributed by atoms with van der Waals surface area (Å²) in [4.78, 5) is 13.6. The van der Waals surface area contributed by atoms with E-state index in [4.69, 9.17) is 21.4 Å². The van der Waals surface area contributed by atoms with Gasteiger partial charge in [0.25, 0.3) is 5.91 Å². The van der Waals surface area contributed by atoms with E-state index in [0.717, 1.165) is 10.2 Å². The van der Waals surface area contributed by atoms with Crippen LogP contribution in [0.5, 0.6) is 5.75 Å². The number of carbonyl (C=O) groups is 1. The lowest BCUT2D eigenvalue weighted by atomic mass is 10.3. The zero-order chi connectivity index (χ0) is 17.1. The average Bonchev–Trinajstić information content (AvgIpc) is 3.10. The summed E-state index contributed by atoms with van der Waals surface area (Å²) in [6, 6.07) is 11.2. The fourth-order valence-electron chi connectivity index (χ4n) is 2.26. The number of benzene rings is 1. The molecule has 1 saturated heterocycles. The standard InChI is InChI=1S/C17H15BrN2O3S/c1-2-20-16(21)15(19-17(20)24)9-13-6-7-14(23-13)10-22-12-5-3-4-11(18)8-12/h3-9H,2,10H2,1H3,(H,19,24)/b15-9+. The van der Waals surface area contributed by atoms with E-state index in [2.05, 4.69) is 21.2 Å². The number of furan rings is 1. The molecule has 24 heavy (non-hydrogen) atoms. The molecule has 1 aromatic carbocycles. The highest BCUT2D eigenvalue weighted by molar-refractivity contribution is 9.10. The molecule has 1 fully saturated rings. The molecule has 0 unspecified atom stereocenters. The number of ether oxygens (including phenoxy) is 1. The first-order valence-electron chi connectivity index (χ1n) is 7.38. The number of hydrogen-bond donors (Lipinski definition) is 1. The van der Waals surface area contributed by atoms with Crippen LogP contribution in [-0.4, -0.2) is 22.5 Å². The second kappa shape index (κ2) is 7.19. The summed E-state index contributed by atoms with van der Waals surface area (Å²) in [7, 11) is 0. The van der Waals surface area contributed by atoms with Crippen molar-refractivity contribution in [3.8, 4) is 5.75 Å². The topological polar surface area (TPSA) is 54.7 Å². The van der Waals surface area contributed by atoms with Crippen LogP contribution < -0.4 is 10.1 Å². The summed E-state index contributed by atoms with van der Waals surface area (Å²) in [6.45, 7) is 2.71. The lowest BCUT2D eigenvalue weighted by Crippen LogP contribution is -2.30. The van der Waals surface area contributed by atoms with Crippen LogP contribution >= 0.6 is 28.1 Å². The number of nitrogens with one attached hydrogen (secondary N) is 1. The van der Waals surface area contributed by atoms with Gasteiger partial charge < -0.3 is 14.5 Å². The molecule has 0 spiro atoms. The van der Waals surface area contributed by atoms with Crippen LogP contribution in [0.3, 0.4) is 0 Å². The molecule has 1 aliphatic heterocycles. The van der Waals surface area contributed by atoms with Crippen LogP contribution in [0.15, 0.2) is 51.0 Å². The number of halogens is 1. The Balaban J connectivity index is 1.67. The third-order valence-corrected chi connectivity index (χ3v) is 4.24. The summed E-state index contributed by atoms with van der Waals surface area (Å²) < 4.78 is 12.3. The highest BCUT2D eigenvalue weighted by atomic mass is 79.9. The molecular weight excluding hydrogens is 392 g/mol. The molecule has 5 nitrogen and oxygen atoms in total. The minimum absolute atomic E-state index is 0.147. The van der Waals surface area contributed by atoms with E-state index in [-0.39, 0.29) is 5.91 Å². The van der Waals surface area contributed by atoms with Crippen molar-refractivity contribution in [2.75, 3.05) is 6.54 Å². The van der Waals surface area contributed by atoms with Gasteiger partial charge in [0, 0.05) is 17.1 Å². The van der Waals surface area contributed by atoms with Gasteiger partial charge >= 0.3 is 0 Å². The predicted octanol–water partition coefficient (Wildman–Crippen LogP) is 3.70. The second-order valence-corrected chi connectivity index (χ2v) is 6.39. The summed E-state index contributed by atoms with van der Waals surface area (Å²) in [5.74, 6) is 1.84. The Morgan fingerprint density at radius 1 is 1.38 bits per heavy atom. The van der Waals surface area contributed by atoms with Gasteiger partial charge in [-0.2, -0.15) is 0 Å². The molecule has 0 saturated carbocycles. The normalized spacial score (nSPS) is 15.9. The monoisotopic (exact) mass is 406 g/mol. The molecule has 0 bridgehead atoms. The summed E-state index contributed by atoms with van der Waals surface area (Å²) >= 11 is 8.52. The molecule has 0 radical (unpaired) electrons. The third-order valence-electron chi connectivity index (χ3n) is 3.42. The molecule has 0 aliphatic carbocycles. The predicted molar refractivity (Wildman–Crippen MR) is 98.3 cm³/mol. The highest BCUT2D eigenvalue weighted by Gasteiger charge is 2.29. The van der Waals surface area contributed by atoms with Gasteiger partial charge in [-0.1, -0.05) is 22.0 Å². The first-order chi connectivity index (χ1) is 11.6. The zero-order valence-electron chi connectivity index (χ0n) is 12.9. The molecule has 3 rings (SSSR count). The number of likely N-dealkylation sites (N-methyl/N-ethyl adjacent to an activating group) is 1. The number of thiocarbonyl (C=S) groups is 1. The molecule has 2 aromatic rings. The SMILES string of the molecule is CCN1C(=O)/C(=C\c2ccc(COc3cccc(Br)c3)o2)NC1=S. The van der Waals surface area contributed by atoms with Gasteiger partial charge in [0.15, 0.2) is 5.11 Å². The molecule has 0 atom stereocenters. The molecular formula is C17H15BrN2O3S. The van der Waals surface area contributed by atoms with E-state index in [9.17, 15) is 4.79 Å². The fourth-order valence-corrected chi connectivity index (χ4v) is 2.96. The minimum Gasteiger partial charge on any atom is -0.486 e. The number of amides is 1. The maximum Gasteiger partial charge on any atom is 0.276 e. The lowest BCUT2D eigenvalue weighted by molar-refractivity contribution is -0.122. The van der Waals surface area contributed by atoms with Crippen molar-refractivity contribution in [1.82, 2.24) is 10.2 Å². The Morgan fingerprint density at radius 2 is 2.21 bits per heavy atom. The smallest absolute Gasteiger partial charge is 0.276 e. The van der Waals surface area contributed by atoms with Crippen molar-refractivity contribution in [2.45, 2.75) is 13.5 Å². The van der Waals surface area contributed by atoms with Crippen LogP contribution in [0.2, 0.25) is 0 Å². The Hall–Kier alpha value is -2.12. The van der Waals surface area contributed by atoms with Crippen LogP contribution in [0, 0.1) is 0 Å². The van der Waals surface area contributed by atoms with Gasteiger partial charge in [-0.15, -0.1) is 0 Å². The van der Waals surface area contributed by atoms with Gasteiger partial charge in [0.05, 0.1) is 0 Å². The van der Waals surface area contributed by atoms with Crippen LogP contribution in [-0.2, 0) is 11.4 Å². The Morgan fingerprint density at radius 3 is 2.92 bits per heavy atom.